The quantitative estimate of drug-likeness (QED) is 0.544. The molecule has 1 aromatic rings. The van der Waals surface area contributed by atoms with Crippen molar-refractivity contribution in [2.45, 2.75) is 18.8 Å². The Hall–Kier alpha value is -1.09. The van der Waals surface area contributed by atoms with E-state index in [-0.39, 0.29) is 18.2 Å². The van der Waals surface area contributed by atoms with Gasteiger partial charge in [-0.25, -0.2) is 4.39 Å². The summed E-state index contributed by atoms with van der Waals surface area (Å²) < 4.78 is 23.3. The molecule has 0 aliphatic carbocycles. The summed E-state index contributed by atoms with van der Waals surface area (Å²) in [5.41, 5.74) is 0.911. The molecule has 2 aliphatic heterocycles. The van der Waals surface area contributed by atoms with Crippen molar-refractivity contribution in [2.75, 3.05) is 0 Å². The van der Waals surface area contributed by atoms with Crippen LogP contribution in [-0.2, 0) is 11.2 Å². The van der Waals surface area contributed by atoms with E-state index in [9.17, 15) is 4.39 Å². The monoisotopic (exact) mass is 166 g/mol. The van der Waals surface area contributed by atoms with Gasteiger partial charge in [0.2, 0.25) is 6.29 Å². The van der Waals surface area contributed by atoms with Gasteiger partial charge in [0.1, 0.15) is 17.7 Å². The predicted octanol–water partition coefficient (Wildman–Crippen LogP) is 1.49. The van der Waals surface area contributed by atoms with Gasteiger partial charge < -0.3 is 9.47 Å². The van der Waals surface area contributed by atoms with Crippen LogP contribution in [0.4, 0.5) is 4.39 Å². The van der Waals surface area contributed by atoms with Crippen LogP contribution in [0.3, 0.4) is 0 Å². The summed E-state index contributed by atoms with van der Waals surface area (Å²) in [6, 6.07) is 4.57. The minimum absolute atomic E-state index is 0.0667. The average Bonchev–Trinajstić information content (AvgIpc) is 2.77. The number of rotatable bonds is 0. The second-order valence-electron chi connectivity index (χ2n) is 3.12. The highest BCUT2D eigenvalue weighted by Gasteiger charge is 2.45. The van der Waals surface area contributed by atoms with Crippen molar-refractivity contribution in [1.29, 1.82) is 0 Å². The van der Waals surface area contributed by atoms with E-state index in [0.29, 0.717) is 0 Å². The molecule has 2 aliphatic rings. The Bertz CT molecular complexity index is 337. The van der Waals surface area contributed by atoms with Crippen molar-refractivity contribution in [3.8, 4) is 5.75 Å². The smallest absolute Gasteiger partial charge is 0.227 e. The fourth-order valence-electron chi connectivity index (χ4n) is 1.54. The van der Waals surface area contributed by atoms with Crippen molar-refractivity contribution >= 4 is 0 Å². The largest absolute Gasteiger partial charge is 0.462 e. The highest BCUT2D eigenvalue weighted by Crippen LogP contribution is 2.37. The first-order chi connectivity index (χ1) is 5.83. The van der Waals surface area contributed by atoms with E-state index in [1.165, 1.54) is 12.1 Å². The van der Waals surface area contributed by atoms with Gasteiger partial charge in [-0.1, -0.05) is 0 Å². The van der Waals surface area contributed by atoms with Gasteiger partial charge in [0.15, 0.2) is 0 Å². The molecule has 0 aromatic heterocycles. The number of hydrogen-bond donors (Lipinski definition) is 0. The highest BCUT2D eigenvalue weighted by molar-refractivity contribution is 5.37. The first-order valence-electron chi connectivity index (χ1n) is 3.93. The van der Waals surface area contributed by atoms with E-state index < -0.39 is 0 Å². The highest BCUT2D eigenvalue weighted by atomic mass is 19.1. The van der Waals surface area contributed by atoms with Crippen molar-refractivity contribution in [2.24, 2.45) is 0 Å². The number of halogens is 1. The van der Waals surface area contributed by atoms with Crippen molar-refractivity contribution < 1.29 is 13.9 Å². The molecule has 12 heavy (non-hydrogen) atoms. The van der Waals surface area contributed by atoms with Crippen molar-refractivity contribution in [3.63, 3.8) is 0 Å². The summed E-state index contributed by atoms with van der Waals surface area (Å²) in [6.45, 7) is 0. The summed E-state index contributed by atoms with van der Waals surface area (Å²) >= 11 is 0. The average molecular weight is 166 g/mol. The fraction of sp³-hybridized carbons (Fsp3) is 0.333. The lowest BCUT2D eigenvalue weighted by molar-refractivity contribution is 0.179. The lowest BCUT2D eigenvalue weighted by atomic mass is 10.1. The molecule has 1 saturated heterocycles. The molecule has 0 amide bonds. The van der Waals surface area contributed by atoms with Gasteiger partial charge in [0.05, 0.1) is 0 Å². The molecule has 3 heteroatoms. The van der Waals surface area contributed by atoms with Crippen LogP contribution in [0.25, 0.3) is 0 Å². The lowest BCUT2D eigenvalue weighted by Crippen LogP contribution is -2.13. The Morgan fingerprint density at radius 2 is 2.33 bits per heavy atom. The molecule has 0 spiro atoms. The second kappa shape index (κ2) is 1.98. The zero-order valence-corrected chi connectivity index (χ0v) is 6.29. The fourth-order valence-corrected chi connectivity index (χ4v) is 1.54. The molecule has 2 atom stereocenters. The Balaban J connectivity index is 2.07. The predicted molar refractivity (Wildman–Crippen MR) is 39.4 cm³/mol. The molecule has 0 saturated carbocycles. The lowest BCUT2D eigenvalue weighted by Gasteiger charge is -2.12. The Labute approximate surface area is 68.9 Å². The molecule has 2 heterocycles. The SMILES string of the molecule is Fc1ccc2c(c1)CC1OC1O2. The van der Waals surface area contributed by atoms with Crippen LogP contribution < -0.4 is 4.74 Å². The minimum atomic E-state index is -0.212. The van der Waals surface area contributed by atoms with Crippen LogP contribution in [0, 0.1) is 5.82 Å². The second-order valence-corrected chi connectivity index (χ2v) is 3.12. The third-order valence-corrected chi connectivity index (χ3v) is 2.22. The van der Waals surface area contributed by atoms with E-state index >= 15 is 0 Å². The molecule has 2 nitrogen and oxygen atoms in total. The number of fused-ring (bicyclic) bond motifs is 2. The summed E-state index contributed by atoms with van der Waals surface area (Å²) in [6.07, 6.45) is 0.875. The van der Waals surface area contributed by atoms with Gasteiger partial charge in [0.25, 0.3) is 0 Å². The maximum absolute atomic E-state index is 12.7. The van der Waals surface area contributed by atoms with Crippen LogP contribution in [0.15, 0.2) is 18.2 Å². The summed E-state index contributed by atoms with van der Waals surface area (Å²) in [5, 5.41) is 0. The van der Waals surface area contributed by atoms with Gasteiger partial charge in [-0.3, -0.25) is 0 Å². The third kappa shape index (κ3) is 0.830. The topological polar surface area (TPSA) is 21.8 Å². The number of epoxide rings is 1. The zero-order chi connectivity index (χ0) is 8.13. The van der Waals surface area contributed by atoms with Gasteiger partial charge in [-0.05, 0) is 23.8 Å². The van der Waals surface area contributed by atoms with Crippen LogP contribution in [0.1, 0.15) is 5.56 Å². The summed E-state index contributed by atoms with van der Waals surface area (Å²) in [5.74, 6) is 0.548. The van der Waals surface area contributed by atoms with Crippen LogP contribution in [-0.4, -0.2) is 12.4 Å². The summed E-state index contributed by atoms with van der Waals surface area (Å²) in [7, 11) is 0. The van der Waals surface area contributed by atoms with E-state index in [4.69, 9.17) is 9.47 Å². The van der Waals surface area contributed by atoms with E-state index in [1.54, 1.807) is 6.07 Å². The van der Waals surface area contributed by atoms with E-state index in [1.807, 2.05) is 0 Å². The first-order valence-corrected chi connectivity index (χ1v) is 3.93. The van der Waals surface area contributed by atoms with E-state index in [2.05, 4.69) is 0 Å². The maximum Gasteiger partial charge on any atom is 0.227 e. The molecule has 2 unspecified atom stereocenters. The number of hydrogen-bond acceptors (Lipinski definition) is 2. The molecule has 0 radical (unpaired) electrons. The van der Waals surface area contributed by atoms with Crippen molar-refractivity contribution in [1.82, 2.24) is 0 Å². The molecule has 0 N–H and O–H groups in total. The third-order valence-electron chi connectivity index (χ3n) is 2.22. The standard InChI is InChI=1S/C9H7FO2/c10-6-1-2-7-5(3-6)4-8-9(11-7)12-8/h1-3,8-9H,4H2. The van der Waals surface area contributed by atoms with Crippen LogP contribution >= 0.6 is 0 Å². The van der Waals surface area contributed by atoms with Gasteiger partial charge in [-0.2, -0.15) is 0 Å². The number of ether oxygens (including phenoxy) is 2. The Morgan fingerprint density at radius 3 is 3.25 bits per heavy atom. The maximum atomic E-state index is 12.7. The zero-order valence-electron chi connectivity index (χ0n) is 6.29. The molecule has 1 aromatic carbocycles. The minimum Gasteiger partial charge on any atom is -0.462 e. The molecular weight excluding hydrogens is 159 g/mol. The molecule has 0 bridgehead atoms. The number of benzene rings is 1. The Kier molecular flexibility index (Phi) is 1.06. The molecule has 62 valence electrons. The van der Waals surface area contributed by atoms with Gasteiger partial charge >= 0.3 is 0 Å². The van der Waals surface area contributed by atoms with Crippen molar-refractivity contribution in [3.05, 3.63) is 29.6 Å². The normalized spacial score (nSPS) is 30.1. The molecule has 3 rings (SSSR count). The summed E-state index contributed by atoms with van der Waals surface area (Å²) in [4.78, 5) is 0. The molecule has 1 fully saturated rings. The van der Waals surface area contributed by atoms with Crippen LogP contribution in [0.2, 0.25) is 0 Å². The van der Waals surface area contributed by atoms with Gasteiger partial charge in [0, 0.05) is 6.42 Å². The Morgan fingerprint density at radius 1 is 1.42 bits per heavy atom. The van der Waals surface area contributed by atoms with Gasteiger partial charge in [-0.15, -0.1) is 0 Å². The van der Waals surface area contributed by atoms with E-state index in [0.717, 1.165) is 17.7 Å². The first kappa shape index (κ1) is 6.43. The molecular formula is C9H7FO2. The van der Waals surface area contributed by atoms with Crippen LogP contribution in [0.5, 0.6) is 5.75 Å².